The zero-order valence-corrected chi connectivity index (χ0v) is 16.9. The van der Waals surface area contributed by atoms with Crippen LogP contribution in [0, 0.1) is 11.7 Å². The van der Waals surface area contributed by atoms with Crippen LogP contribution in [0.3, 0.4) is 0 Å². The summed E-state index contributed by atoms with van der Waals surface area (Å²) in [5.74, 6) is -0.460. The van der Waals surface area contributed by atoms with Crippen molar-refractivity contribution in [3.05, 3.63) is 68.9 Å². The maximum absolute atomic E-state index is 13.4. The minimum atomic E-state index is -0.658. The average molecular weight is 414 g/mol. The van der Waals surface area contributed by atoms with Crippen molar-refractivity contribution in [2.45, 2.75) is 26.9 Å². The summed E-state index contributed by atoms with van der Waals surface area (Å²) in [7, 11) is 1.44. The van der Waals surface area contributed by atoms with Gasteiger partial charge in [0.15, 0.2) is 5.69 Å². The fourth-order valence-corrected chi connectivity index (χ4v) is 3.15. The van der Waals surface area contributed by atoms with E-state index >= 15 is 0 Å². The van der Waals surface area contributed by atoms with Crippen LogP contribution in [-0.4, -0.2) is 25.3 Å². The highest BCUT2D eigenvalue weighted by Gasteiger charge is 2.23. The maximum Gasteiger partial charge on any atom is 0.332 e. The normalized spacial score (nSPS) is 11.1. The summed E-state index contributed by atoms with van der Waals surface area (Å²) in [5, 5.41) is 4.18. The zero-order chi connectivity index (χ0) is 22.0. The van der Waals surface area contributed by atoms with Crippen molar-refractivity contribution in [1.82, 2.24) is 18.9 Å². The van der Waals surface area contributed by atoms with E-state index in [1.54, 1.807) is 12.1 Å². The molecule has 0 fully saturated rings. The molecule has 0 aliphatic carbocycles. The Morgan fingerprint density at radius 3 is 2.67 bits per heavy atom. The van der Waals surface area contributed by atoms with Gasteiger partial charge in [-0.05, 0) is 23.6 Å². The smallest absolute Gasteiger partial charge is 0.332 e. The molecule has 2 heterocycles. The predicted molar refractivity (Wildman–Crippen MR) is 111 cm³/mol. The number of nitrogens with zero attached hydrogens (tertiary/aromatic N) is 5. The summed E-state index contributed by atoms with van der Waals surface area (Å²) < 4.78 is 17.1. The molecule has 3 rings (SSSR count). The fourth-order valence-electron chi connectivity index (χ4n) is 3.15. The highest BCUT2D eigenvalue weighted by molar-refractivity contribution is 5.89. The van der Waals surface area contributed by atoms with Crippen molar-refractivity contribution in [2.75, 3.05) is 10.6 Å². The lowest BCUT2D eigenvalue weighted by atomic mass is 10.2. The van der Waals surface area contributed by atoms with Gasteiger partial charge in [0, 0.05) is 19.8 Å². The van der Waals surface area contributed by atoms with E-state index in [1.165, 1.54) is 36.3 Å². The third kappa shape index (κ3) is 4.02. The monoisotopic (exact) mass is 414 g/mol. The highest BCUT2D eigenvalue weighted by Crippen LogP contribution is 2.24. The molecule has 30 heavy (non-hydrogen) atoms. The summed E-state index contributed by atoms with van der Waals surface area (Å²) >= 11 is 0. The number of nitrogens with two attached hydrogens (primary N) is 1. The van der Waals surface area contributed by atoms with Crippen LogP contribution >= 0.6 is 0 Å². The molecule has 0 unspecified atom stereocenters. The van der Waals surface area contributed by atoms with E-state index in [4.69, 9.17) is 5.73 Å². The van der Waals surface area contributed by atoms with E-state index in [9.17, 15) is 18.8 Å². The van der Waals surface area contributed by atoms with Gasteiger partial charge in [0.1, 0.15) is 11.6 Å². The first kappa shape index (κ1) is 21.0. The van der Waals surface area contributed by atoms with E-state index < -0.39 is 11.2 Å². The molecule has 9 nitrogen and oxygen atoms in total. The Balaban J connectivity index is 2.04. The summed E-state index contributed by atoms with van der Waals surface area (Å²) in [5.41, 5.74) is 5.66. The van der Waals surface area contributed by atoms with Crippen LogP contribution in [0.5, 0.6) is 0 Å². The topological polar surface area (TPSA) is 108 Å². The molecule has 3 aromatic rings. The average Bonchev–Trinajstić information content (AvgIpc) is 3.15. The second-order valence-corrected chi connectivity index (χ2v) is 7.39. The molecule has 1 amide bonds. The van der Waals surface area contributed by atoms with E-state index in [1.807, 2.05) is 13.8 Å². The summed E-state index contributed by atoms with van der Waals surface area (Å²) in [6.07, 6.45) is 3.38. The van der Waals surface area contributed by atoms with Gasteiger partial charge < -0.3 is 5.73 Å². The number of halogens is 1. The number of nitrogen functional groups attached to an aromatic ring is 1. The number of aromatic nitrogens is 4. The number of carbonyl (C=O) groups is 1. The van der Waals surface area contributed by atoms with Gasteiger partial charge >= 0.3 is 5.69 Å². The molecule has 0 saturated heterocycles. The molecule has 0 aliphatic rings. The Kier molecular flexibility index (Phi) is 5.86. The lowest BCUT2D eigenvalue weighted by Gasteiger charge is -2.20. The quantitative estimate of drug-likeness (QED) is 0.589. The van der Waals surface area contributed by atoms with Gasteiger partial charge in [-0.15, -0.1) is 0 Å². The number of benzene rings is 1. The van der Waals surface area contributed by atoms with Crippen LogP contribution in [0.4, 0.5) is 21.6 Å². The molecule has 1 aromatic carbocycles. The van der Waals surface area contributed by atoms with Crippen molar-refractivity contribution >= 4 is 23.6 Å². The molecule has 10 heteroatoms. The number of anilines is 3. The molecule has 2 N–H and O–H groups in total. The molecule has 158 valence electrons. The molecular formula is C20H23FN6O3. The first-order valence-electron chi connectivity index (χ1n) is 9.33. The number of carbonyl (C=O) groups excluding carboxylic acids is 1. The third-order valence-electron chi connectivity index (χ3n) is 4.59. The van der Waals surface area contributed by atoms with Crippen LogP contribution in [0.15, 0.2) is 46.2 Å². The highest BCUT2D eigenvalue weighted by atomic mass is 19.1. The molecule has 2 aromatic heterocycles. The maximum atomic E-state index is 13.4. The lowest BCUT2D eigenvalue weighted by molar-refractivity contribution is -0.106. The van der Waals surface area contributed by atoms with Gasteiger partial charge in [-0.2, -0.15) is 5.10 Å². The standard InChI is InChI=1S/C20H23FN6O3/c1-13(2)9-26-19(29)17(18(22)24(3)20(26)30)27(12-28)16-8-23-25(11-16)10-14-5-4-6-15(21)7-14/h4-8,11-13H,9-10,22H2,1-3H3. The summed E-state index contributed by atoms with van der Waals surface area (Å²) in [6.45, 7) is 4.20. The SMILES string of the molecule is CC(C)Cn1c(=O)c(N(C=O)c2cnn(Cc3cccc(F)c3)c2)c(N)n(C)c1=O. The van der Waals surface area contributed by atoms with E-state index in [0.717, 1.165) is 14.0 Å². The van der Waals surface area contributed by atoms with Gasteiger partial charge in [0.05, 0.1) is 18.4 Å². The Morgan fingerprint density at radius 2 is 2.03 bits per heavy atom. The lowest BCUT2D eigenvalue weighted by Crippen LogP contribution is -2.43. The first-order chi connectivity index (χ1) is 14.2. The van der Waals surface area contributed by atoms with Crippen molar-refractivity contribution in [2.24, 2.45) is 13.0 Å². The Hall–Kier alpha value is -3.69. The Morgan fingerprint density at radius 1 is 1.30 bits per heavy atom. The van der Waals surface area contributed by atoms with Gasteiger partial charge in [-0.3, -0.25) is 28.3 Å². The second-order valence-electron chi connectivity index (χ2n) is 7.39. The second kappa shape index (κ2) is 8.36. The Bertz CT molecular complexity index is 1190. The minimum Gasteiger partial charge on any atom is -0.383 e. The molecule has 0 bridgehead atoms. The van der Waals surface area contributed by atoms with Gasteiger partial charge in [0.25, 0.3) is 5.56 Å². The minimum absolute atomic E-state index is 0.0329. The van der Waals surface area contributed by atoms with Crippen molar-refractivity contribution in [3.63, 3.8) is 0 Å². The molecule has 0 aliphatic heterocycles. The van der Waals surface area contributed by atoms with Crippen LogP contribution in [-0.2, 0) is 24.9 Å². The van der Waals surface area contributed by atoms with E-state index in [-0.39, 0.29) is 36.3 Å². The van der Waals surface area contributed by atoms with Gasteiger partial charge in [0.2, 0.25) is 6.41 Å². The van der Waals surface area contributed by atoms with Crippen LogP contribution in [0.2, 0.25) is 0 Å². The van der Waals surface area contributed by atoms with Gasteiger partial charge in [-0.25, -0.2) is 9.18 Å². The number of hydrogen-bond donors (Lipinski definition) is 1. The number of hydrogen-bond acceptors (Lipinski definition) is 5. The van der Waals surface area contributed by atoms with Crippen LogP contribution in [0.1, 0.15) is 19.4 Å². The molecule has 0 atom stereocenters. The molecular weight excluding hydrogens is 391 g/mol. The van der Waals surface area contributed by atoms with Crippen LogP contribution in [0.25, 0.3) is 0 Å². The van der Waals surface area contributed by atoms with Crippen LogP contribution < -0.4 is 21.9 Å². The predicted octanol–water partition coefficient (Wildman–Crippen LogP) is 1.46. The molecule has 0 spiro atoms. The number of rotatable bonds is 7. The van der Waals surface area contributed by atoms with E-state index in [0.29, 0.717) is 17.7 Å². The molecule has 0 saturated carbocycles. The number of amides is 1. The summed E-state index contributed by atoms with van der Waals surface area (Å²) in [4.78, 5) is 38.4. The molecule has 0 radical (unpaired) electrons. The van der Waals surface area contributed by atoms with Crippen molar-refractivity contribution in [1.29, 1.82) is 0 Å². The third-order valence-corrected chi connectivity index (χ3v) is 4.59. The van der Waals surface area contributed by atoms with Crippen molar-refractivity contribution in [3.8, 4) is 0 Å². The zero-order valence-electron chi connectivity index (χ0n) is 16.9. The van der Waals surface area contributed by atoms with Crippen molar-refractivity contribution < 1.29 is 9.18 Å². The largest absolute Gasteiger partial charge is 0.383 e. The van der Waals surface area contributed by atoms with E-state index in [2.05, 4.69) is 5.10 Å². The fraction of sp³-hybridized carbons (Fsp3) is 0.300. The Labute approximate surface area is 171 Å². The summed E-state index contributed by atoms with van der Waals surface area (Å²) in [6, 6.07) is 6.07. The first-order valence-corrected chi connectivity index (χ1v) is 9.33. The van der Waals surface area contributed by atoms with Gasteiger partial charge in [-0.1, -0.05) is 26.0 Å².